The molecule has 1 amide bonds. The quantitative estimate of drug-likeness (QED) is 0.759. The number of carbonyl (C=O) groups is 1. The molecule has 7 nitrogen and oxygen atoms in total. The molecule has 0 aromatic carbocycles. The topological polar surface area (TPSA) is 81.4 Å². The minimum atomic E-state index is -0.634. The summed E-state index contributed by atoms with van der Waals surface area (Å²) in [6, 6.07) is 2.51. The third-order valence-electron chi connectivity index (χ3n) is 2.96. The van der Waals surface area contributed by atoms with Crippen LogP contribution in [0.1, 0.15) is 42.0 Å². The Morgan fingerprint density at radius 2 is 2.27 bits per heavy atom. The molecule has 2 heterocycles. The summed E-state index contributed by atoms with van der Waals surface area (Å²) in [5.41, 5.74) is 0.284. The molecule has 118 valence electrons. The summed E-state index contributed by atoms with van der Waals surface area (Å²) in [4.78, 5) is 21.2. The lowest BCUT2D eigenvalue weighted by atomic mass is 10.2. The molecule has 0 radical (unpaired) electrons. The number of amides is 1. The second kappa shape index (κ2) is 7.08. The number of hydrogen-bond acceptors (Lipinski definition) is 6. The first-order valence-corrected chi connectivity index (χ1v) is 6.82. The van der Waals surface area contributed by atoms with Gasteiger partial charge in [0.25, 0.3) is 5.91 Å². The second-order valence-electron chi connectivity index (χ2n) is 4.67. The maximum atomic E-state index is 12.8. The normalized spacial score (nSPS) is 12.2. The molecule has 0 N–H and O–H groups in total. The molecular formula is C14H17FN4O3. The summed E-state index contributed by atoms with van der Waals surface area (Å²) in [5.74, 6) is -0.218. The molecule has 2 rings (SSSR count). The molecule has 2 aromatic heterocycles. The van der Waals surface area contributed by atoms with Gasteiger partial charge in [0, 0.05) is 19.9 Å². The summed E-state index contributed by atoms with van der Waals surface area (Å²) in [6.07, 6.45) is 0.912. The van der Waals surface area contributed by atoms with Crippen LogP contribution in [0.15, 0.2) is 22.9 Å². The number of ether oxygens (including phenoxy) is 1. The van der Waals surface area contributed by atoms with Crippen molar-refractivity contribution in [2.45, 2.75) is 26.5 Å². The smallest absolute Gasteiger partial charge is 0.255 e. The Hall–Kier alpha value is -2.35. The third kappa shape index (κ3) is 3.85. The van der Waals surface area contributed by atoms with Crippen LogP contribution in [-0.2, 0) is 11.3 Å². The van der Waals surface area contributed by atoms with Crippen molar-refractivity contribution in [2.24, 2.45) is 0 Å². The van der Waals surface area contributed by atoms with E-state index in [9.17, 15) is 9.18 Å². The number of hydrogen-bond donors (Lipinski definition) is 0. The van der Waals surface area contributed by atoms with E-state index < -0.39 is 5.95 Å². The van der Waals surface area contributed by atoms with Crippen LogP contribution in [0.5, 0.6) is 0 Å². The minimum Gasteiger partial charge on any atom is -0.371 e. The van der Waals surface area contributed by atoms with Crippen LogP contribution in [-0.4, -0.2) is 39.6 Å². The van der Waals surface area contributed by atoms with Gasteiger partial charge in [-0.3, -0.25) is 4.79 Å². The first-order chi connectivity index (χ1) is 10.5. The first-order valence-electron chi connectivity index (χ1n) is 6.82. The van der Waals surface area contributed by atoms with Crippen LogP contribution in [0.4, 0.5) is 4.39 Å². The van der Waals surface area contributed by atoms with Gasteiger partial charge in [0.1, 0.15) is 6.10 Å². The third-order valence-corrected chi connectivity index (χ3v) is 2.96. The maximum Gasteiger partial charge on any atom is 0.255 e. The van der Waals surface area contributed by atoms with Gasteiger partial charge in [-0.25, -0.2) is 4.98 Å². The zero-order valence-electron chi connectivity index (χ0n) is 12.6. The molecule has 0 aliphatic heterocycles. The molecule has 0 fully saturated rings. The van der Waals surface area contributed by atoms with E-state index in [-0.39, 0.29) is 24.1 Å². The average molecular weight is 308 g/mol. The standard InChI is InChI=1S/C14H17FN4O3/c1-4-21-9(2)13-17-12(22-18-13)8-19(3)14(20)10-5-6-11(15)16-7-10/h5-7,9H,4,8H2,1-3H3. The minimum absolute atomic E-state index is 0.141. The Labute approximate surface area is 127 Å². The summed E-state index contributed by atoms with van der Waals surface area (Å²) in [6.45, 7) is 4.38. The fraction of sp³-hybridized carbons (Fsp3) is 0.429. The van der Waals surface area contributed by atoms with E-state index in [4.69, 9.17) is 9.26 Å². The van der Waals surface area contributed by atoms with E-state index in [0.717, 1.165) is 6.07 Å². The van der Waals surface area contributed by atoms with E-state index in [1.54, 1.807) is 7.05 Å². The van der Waals surface area contributed by atoms with Crippen LogP contribution in [0.2, 0.25) is 0 Å². The van der Waals surface area contributed by atoms with Gasteiger partial charge < -0.3 is 14.2 Å². The lowest BCUT2D eigenvalue weighted by molar-refractivity contribution is 0.0682. The predicted octanol–water partition coefficient (Wildman–Crippen LogP) is 1.97. The van der Waals surface area contributed by atoms with Crippen molar-refractivity contribution >= 4 is 5.91 Å². The molecular weight excluding hydrogens is 291 g/mol. The molecule has 1 atom stereocenters. The van der Waals surface area contributed by atoms with Gasteiger partial charge in [-0.05, 0) is 26.0 Å². The van der Waals surface area contributed by atoms with Crippen molar-refractivity contribution < 1.29 is 18.4 Å². The van der Waals surface area contributed by atoms with Crippen molar-refractivity contribution in [2.75, 3.05) is 13.7 Å². The Morgan fingerprint density at radius 3 is 2.91 bits per heavy atom. The van der Waals surface area contributed by atoms with Crippen LogP contribution < -0.4 is 0 Å². The molecule has 0 bridgehead atoms. The summed E-state index contributed by atoms with van der Waals surface area (Å²) < 4.78 is 23.2. The van der Waals surface area contributed by atoms with Gasteiger partial charge in [0.15, 0.2) is 5.82 Å². The Bertz CT molecular complexity index is 629. The molecule has 0 saturated heterocycles. The van der Waals surface area contributed by atoms with E-state index in [0.29, 0.717) is 18.3 Å². The Balaban J connectivity index is 2.01. The van der Waals surface area contributed by atoms with Gasteiger partial charge in [0.2, 0.25) is 11.8 Å². The van der Waals surface area contributed by atoms with Crippen LogP contribution >= 0.6 is 0 Å². The van der Waals surface area contributed by atoms with Crippen LogP contribution in [0, 0.1) is 5.95 Å². The van der Waals surface area contributed by atoms with Crippen molar-refractivity contribution in [3.63, 3.8) is 0 Å². The van der Waals surface area contributed by atoms with Crippen molar-refractivity contribution in [1.29, 1.82) is 0 Å². The lowest BCUT2D eigenvalue weighted by Gasteiger charge is -2.14. The molecule has 0 aliphatic carbocycles. The summed E-state index contributed by atoms with van der Waals surface area (Å²) in [7, 11) is 1.58. The molecule has 0 saturated carbocycles. The molecule has 2 aromatic rings. The summed E-state index contributed by atoms with van der Waals surface area (Å²) in [5, 5.41) is 3.82. The largest absolute Gasteiger partial charge is 0.371 e. The van der Waals surface area contributed by atoms with Gasteiger partial charge in [-0.1, -0.05) is 5.16 Å². The fourth-order valence-electron chi connectivity index (χ4n) is 1.82. The molecule has 22 heavy (non-hydrogen) atoms. The molecule has 0 spiro atoms. The van der Waals surface area contributed by atoms with E-state index in [1.807, 2.05) is 13.8 Å². The second-order valence-corrected chi connectivity index (χ2v) is 4.67. The number of carbonyl (C=O) groups excluding carboxylic acids is 1. The first kappa shape index (κ1) is 16.0. The zero-order chi connectivity index (χ0) is 16.1. The van der Waals surface area contributed by atoms with Crippen molar-refractivity contribution in [1.82, 2.24) is 20.0 Å². The number of pyridine rings is 1. The molecule has 8 heteroatoms. The highest BCUT2D eigenvalue weighted by Gasteiger charge is 2.18. The highest BCUT2D eigenvalue weighted by Crippen LogP contribution is 2.14. The Kier molecular flexibility index (Phi) is 5.16. The van der Waals surface area contributed by atoms with Gasteiger partial charge in [-0.15, -0.1) is 0 Å². The van der Waals surface area contributed by atoms with Crippen LogP contribution in [0.25, 0.3) is 0 Å². The van der Waals surface area contributed by atoms with E-state index in [1.165, 1.54) is 17.2 Å². The van der Waals surface area contributed by atoms with E-state index in [2.05, 4.69) is 15.1 Å². The summed E-state index contributed by atoms with van der Waals surface area (Å²) >= 11 is 0. The molecule has 1 unspecified atom stereocenters. The highest BCUT2D eigenvalue weighted by molar-refractivity contribution is 5.93. The number of rotatable bonds is 6. The average Bonchev–Trinajstić information content (AvgIpc) is 2.96. The fourth-order valence-corrected chi connectivity index (χ4v) is 1.82. The zero-order valence-corrected chi connectivity index (χ0v) is 12.6. The van der Waals surface area contributed by atoms with Crippen LogP contribution in [0.3, 0.4) is 0 Å². The monoisotopic (exact) mass is 308 g/mol. The number of aromatic nitrogens is 3. The predicted molar refractivity (Wildman–Crippen MR) is 74.3 cm³/mol. The van der Waals surface area contributed by atoms with Gasteiger partial charge >= 0.3 is 0 Å². The van der Waals surface area contributed by atoms with Crippen molar-refractivity contribution in [3.05, 3.63) is 41.6 Å². The maximum absolute atomic E-state index is 12.8. The highest BCUT2D eigenvalue weighted by atomic mass is 19.1. The number of nitrogens with zero attached hydrogens (tertiary/aromatic N) is 4. The van der Waals surface area contributed by atoms with Gasteiger partial charge in [0.05, 0.1) is 12.1 Å². The lowest BCUT2D eigenvalue weighted by Crippen LogP contribution is -2.26. The SMILES string of the molecule is CCOC(C)c1noc(CN(C)C(=O)c2ccc(F)nc2)n1. The van der Waals surface area contributed by atoms with E-state index >= 15 is 0 Å². The van der Waals surface area contributed by atoms with Gasteiger partial charge in [-0.2, -0.15) is 9.37 Å². The Morgan fingerprint density at radius 1 is 1.50 bits per heavy atom. The van der Waals surface area contributed by atoms with Crippen molar-refractivity contribution in [3.8, 4) is 0 Å². The molecule has 0 aliphatic rings. The number of halogens is 1.